The van der Waals surface area contributed by atoms with Crippen LogP contribution in [0.25, 0.3) is 0 Å². The minimum Gasteiger partial charge on any atom is -0.340 e. The lowest BCUT2D eigenvalue weighted by Gasteiger charge is -2.40. The van der Waals surface area contributed by atoms with Crippen LogP contribution in [0.4, 0.5) is 0 Å². The molecular formula is C16H25ClN4O. The summed E-state index contributed by atoms with van der Waals surface area (Å²) in [5, 5.41) is 7.77. The van der Waals surface area contributed by atoms with E-state index in [2.05, 4.69) is 29.2 Å². The number of fused-ring (bicyclic) bond motifs is 1. The number of carbonyl (C=O) groups excluding carboxylic acids is 1. The van der Waals surface area contributed by atoms with Crippen molar-refractivity contribution in [3.63, 3.8) is 0 Å². The Kier molecular flexibility index (Phi) is 3.76. The Hall–Kier alpha value is -1.07. The fourth-order valence-corrected chi connectivity index (χ4v) is 4.50. The zero-order valence-corrected chi connectivity index (χ0v) is 14.1. The summed E-state index contributed by atoms with van der Waals surface area (Å²) in [5.74, 6) is 1.70. The van der Waals surface area contributed by atoms with Gasteiger partial charge in [-0.25, -0.2) is 0 Å². The number of rotatable bonds is 2. The molecular weight excluding hydrogens is 300 g/mol. The summed E-state index contributed by atoms with van der Waals surface area (Å²) >= 11 is 0. The third kappa shape index (κ3) is 2.09. The largest absolute Gasteiger partial charge is 0.340 e. The first-order valence-corrected chi connectivity index (χ1v) is 8.06. The van der Waals surface area contributed by atoms with Crippen molar-refractivity contribution in [1.29, 1.82) is 0 Å². The summed E-state index contributed by atoms with van der Waals surface area (Å²) in [4.78, 5) is 15.3. The van der Waals surface area contributed by atoms with Crippen LogP contribution in [-0.2, 0) is 10.3 Å². The average molecular weight is 325 g/mol. The monoisotopic (exact) mass is 324 g/mol. The van der Waals surface area contributed by atoms with Crippen molar-refractivity contribution in [3.8, 4) is 0 Å². The number of piperidine rings is 2. The van der Waals surface area contributed by atoms with Crippen molar-refractivity contribution in [3.05, 3.63) is 18.5 Å². The Balaban J connectivity index is 0.00000144. The number of likely N-dealkylation sites (tertiary alicyclic amines) is 1. The first-order chi connectivity index (χ1) is 10.1. The highest BCUT2D eigenvalue weighted by Gasteiger charge is 2.63. The molecule has 0 bridgehead atoms. The summed E-state index contributed by atoms with van der Waals surface area (Å²) in [5.41, 5.74) is -0.0144. The van der Waals surface area contributed by atoms with Gasteiger partial charge in [0.15, 0.2) is 0 Å². The molecule has 0 aromatic carbocycles. The van der Waals surface area contributed by atoms with Gasteiger partial charge in [-0.15, -0.1) is 12.4 Å². The molecule has 0 spiro atoms. The van der Waals surface area contributed by atoms with Gasteiger partial charge in [-0.1, -0.05) is 13.8 Å². The minimum absolute atomic E-state index is 0. The maximum Gasteiger partial charge on any atom is 0.250 e. The zero-order valence-electron chi connectivity index (χ0n) is 13.3. The zero-order chi connectivity index (χ0) is 14.7. The molecule has 0 radical (unpaired) electrons. The van der Waals surface area contributed by atoms with Gasteiger partial charge in [0.1, 0.15) is 5.54 Å². The number of hydrogen-bond donors (Lipinski definition) is 1. The number of halogens is 1. The third-order valence-electron chi connectivity index (χ3n) is 6.18. The van der Waals surface area contributed by atoms with Gasteiger partial charge in [0.05, 0.1) is 0 Å². The van der Waals surface area contributed by atoms with Crippen molar-refractivity contribution in [2.75, 3.05) is 26.2 Å². The molecule has 6 heteroatoms. The van der Waals surface area contributed by atoms with Crippen LogP contribution in [-0.4, -0.2) is 46.8 Å². The highest BCUT2D eigenvalue weighted by molar-refractivity contribution is 5.85. The predicted molar refractivity (Wildman–Crippen MR) is 86.9 cm³/mol. The number of carbonyl (C=O) groups is 1. The van der Waals surface area contributed by atoms with Gasteiger partial charge in [-0.3, -0.25) is 9.48 Å². The quantitative estimate of drug-likeness (QED) is 0.897. The van der Waals surface area contributed by atoms with Crippen LogP contribution in [0, 0.1) is 17.3 Å². The van der Waals surface area contributed by atoms with Gasteiger partial charge in [-0.05, 0) is 49.2 Å². The Morgan fingerprint density at radius 2 is 1.86 bits per heavy atom. The predicted octanol–water partition coefficient (Wildman–Crippen LogP) is 1.50. The molecule has 2 aliphatic heterocycles. The fraction of sp³-hybridized carbons (Fsp3) is 0.750. The molecule has 5 nitrogen and oxygen atoms in total. The van der Waals surface area contributed by atoms with Crippen LogP contribution >= 0.6 is 12.4 Å². The molecule has 3 heterocycles. The number of nitrogens with zero attached hydrogens (tertiary/aromatic N) is 3. The van der Waals surface area contributed by atoms with Crippen molar-refractivity contribution >= 4 is 18.3 Å². The van der Waals surface area contributed by atoms with Crippen molar-refractivity contribution in [1.82, 2.24) is 20.0 Å². The fourth-order valence-electron chi connectivity index (χ4n) is 4.50. The van der Waals surface area contributed by atoms with E-state index in [1.807, 2.05) is 16.9 Å². The number of aromatic nitrogens is 2. The van der Waals surface area contributed by atoms with E-state index >= 15 is 0 Å². The summed E-state index contributed by atoms with van der Waals surface area (Å²) in [6.07, 6.45) is 5.40. The lowest BCUT2D eigenvalue weighted by molar-refractivity contribution is -0.143. The van der Waals surface area contributed by atoms with Gasteiger partial charge in [-0.2, -0.15) is 5.10 Å². The minimum atomic E-state index is -0.463. The first kappa shape index (κ1) is 15.8. The highest BCUT2D eigenvalue weighted by Crippen LogP contribution is 2.62. The Labute approximate surface area is 137 Å². The molecule has 1 amide bonds. The van der Waals surface area contributed by atoms with Crippen LogP contribution in [0.5, 0.6) is 0 Å². The maximum absolute atomic E-state index is 13.2. The molecule has 2 saturated heterocycles. The van der Waals surface area contributed by atoms with Crippen LogP contribution in [0.2, 0.25) is 0 Å². The second-order valence-electron chi connectivity index (χ2n) is 7.48. The van der Waals surface area contributed by atoms with Gasteiger partial charge < -0.3 is 10.2 Å². The van der Waals surface area contributed by atoms with E-state index in [0.717, 1.165) is 39.0 Å². The molecule has 1 saturated carbocycles. The molecule has 1 aliphatic carbocycles. The lowest BCUT2D eigenvalue weighted by atomic mass is 9.86. The topological polar surface area (TPSA) is 50.2 Å². The van der Waals surface area contributed by atoms with Gasteiger partial charge in [0.2, 0.25) is 0 Å². The van der Waals surface area contributed by atoms with Crippen molar-refractivity contribution in [2.24, 2.45) is 17.3 Å². The van der Waals surface area contributed by atoms with Gasteiger partial charge in [0, 0.05) is 25.5 Å². The molecule has 2 atom stereocenters. The molecule has 122 valence electrons. The number of nitrogens with one attached hydrogen (secondary N) is 1. The smallest absolute Gasteiger partial charge is 0.250 e. The summed E-state index contributed by atoms with van der Waals surface area (Å²) in [6, 6.07) is 1.92. The molecule has 3 fully saturated rings. The van der Waals surface area contributed by atoms with E-state index in [9.17, 15) is 4.79 Å². The maximum atomic E-state index is 13.2. The van der Waals surface area contributed by atoms with E-state index < -0.39 is 5.54 Å². The second-order valence-corrected chi connectivity index (χ2v) is 7.48. The van der Waals surface area contributed by atoms with E-state index in [1.54, 1.807) is 6.20 Å². The Morgan fingerprint density at radius 1 is 1.23 bits per heavy atom. The Morgan fingerprint density at radius 3 is 2.41 bits per heavy atom. The van der Waals surface area contributed by atoms with Crippen LogP contribution in [0.3, 0.4) is 0 Å². The molecule has 1 aromatic rings. The number of hydrogen-bond acceptors (Lipinski definition) is 3. The first-order valence-electron chi connectivity index (χ1n) is 8.06. The van der Waals surface area contributed by atoms with E-state index in [1.165, 1.54) is 0 Å². The molecule has 1 aromatic heterocycles. The summed E-state index contributed by atoms with van der Waals surface area (Å²) in [6.45, 7) is 8.31. The standard InChI is InChI=1S/C16H24N4O.ClH/c1-15(2)12-10-19(11-13(12)15)14(21)16(4-7-17-8-5-16)20-9-3-6-18-20;/h3,6,9,12-13,17H,4-5,7-8,10-11H2,1-2H3;1H. The lowest BCUT2D eigenvalue weighted by Crippen LogP contribution is -2.55. The van der Waals surface area contributed by atoms with E-state index in [-0.39, 0.29) is 18.3 Å². The third-order valence-corrected chi connectivity index (χ3v) is 6.18. The number of amides is 1. The van der Waals surface area contributed by atoms with Crippen molar-refractivity contribution < 1.29 is 4.79 Å². The Bertz CT molecular complexity index is 537. The molecule has 2 unspecified atom stereocenters. The van der Waals surface area contributed by atoms with Crippen molar-refractivity contribution in [2.45, 2.75) is 32.2 Å². The molecule has 1 N–H and O–H groups in total. The molecule has 4 rings (SSSR count). The molecule has 22 heavy (non-hydrogen) atoms. The van der Waals surface area contributed by atoms with Crippen LogP contribution in [0.15, 0.2) is 18.5 Å². The van der Waals surface area contributed by atoms with Crippen LogP contribution in [0.1, 0.15) is 26.7 Å². The van der Waals surface area contributed by atoms with Gasteiger partial charge in [0.25, 0.3) is 5.91 Å². The average Bonchev–Trinajstić information content (AvgIpc) is 3.02. The molecule has 3 aliphatic rings. The highest BCUT2D eigenvalue weighted by atomic mass is 35.5. The van der Waals surface area contributed by atoms with E-state index in [4.69, 9.17) is 0 Å². The SMILES string of the molecule is CC1(C)C2CN(C(=O)C3(n4cccn4)CCNCC3)CC21.Cl. The summed E-state index contributed by atoms with van der Waals surface area (Å²) in [7, 11) is 0. The van der Waals surface area contributed by atoms with Gasteiger partial charge >= 0.3 is 0 Å². The van der Waals surface area contributed by atoms with Crippen LogP contribution < -0.4 is 5.32 Å². The second kappa shape index (κ2) is 5.24. The normalized spacial score (nSPS) is 31.3. The van der Waals surface area contributed by atoms with E-state index in [0.29, 0.717) is 17.3 Å². The summed E-state index contributed by atoms with van der Waals surface area (Å²) < 4.78 is 1.91.